The summed E-state index contributed by atoms with van der Waals surface area (Å²) in [6.07, 6.45) is 9.57. The minimum Gasteiger partial charge on any atom is -0.368 e. The highest BCUT2D eigenvalue weighted by Gasteiger charge is 2.35. The number of aromatic nitrogens is 2. The molecule has 1 spiro atoms. The predicted octanol–water partition coefficient (Wildman–Crippen LogP) is 1.90. The van der Waals surface area contributed by atoms with Crippen LogP contribution in [0.15, 0.2) is 6.07 Å². The fraction of sp³-hybridized carbons (Fsp3) is 0.714. The summed E-state index contributed by atoms with van der Waals surface area (Å²) in [5.74, 6) is 7.15. The number of nitrogen functional groups attached to an aromatic ring is 2. The first kappa shape index (κ1) is 13.4. The Morgan fingerprint density at radius 1 is 1.05 bits per heavy atom. The summed E-state index contributed by atoms with van der Waals surface area (Å²) in [7, 11) is 0. The number of rotatable bonds is 2. The number of hydrogen-bond acceptors (Lipinski definition) is 6. The van der Waals surface area contributed by atoms with Gasteiger partial charge in [-0.25, -0.2) is 5.84 Å². The van der Waals surface area contributed by atoms with Gasteiger partial charge >= 0.3 is 0 Å². The quantitative estimate of drug-likeness (QED) is 0.564. The van der Waals surface area contributed by atoms with Gasteiger partial charge in [0, 0.05) is 19.2 Å². The highest BCUT2D eigenvalue weighted by atomic mass is 15.3. The molecule has 20 heavy (non-hydrogen) atoms. The van der Waals surface area contributed by atoms with Crippen LogP contribution in [0.1, 0.15) is 44.9 Å². The maximum Gasteiger partial charge on any atom is 0.223 e. The minimum absolute atomic E-state index is 0.272. The molecule has 1 aliphatic carbocycles. The van der Waals surface area contributed by atoms with Crippen LogP contribution in [0, 0.1) is 5.41 Å². The highest BCUT2D eigenvalue weighted by Crippen LogP contribution is 2.45. The van der Waals surface area contributed by atoms with Crippen LogP contribution in [0.5, 0.6) is 0 Å². The molecule has 0 atom stereocenters. The maximum absolute atomic E-state index is 5.73. The van der Waals surface area contributed by atoms with Crippen molar-refractivity contribution in [1.29, 1.82) is 0 Å². The fourth-order valence-electron chi connectivity index (χ4n) is 3.70. The number of hydrazine groups is 1. The van der Waals surface area contributed by atoms with E-state index in [1.54, 1.807) is 0 Å². The Bertz CT molecular complexity index is 459. The van der Waals surface area contributed by atoms with Gasteiger partial charge in [0.25, 0.3) is 0 Å². The van der Waals surface area contributed by atoms with Crippen LogP contribution < -0.4 is 21.9 Å². The van der Waals surface area contributed by atoms with E-state index in [2.05, 4.69) is 20.3 Å². The summed E-state index contributed by atoms with van der Waals surface area (Å²) in [5.41, 5.74) is 8.88. The molecule has 1 aliphatic heterocycles. The molecule has 6 heteroatoms. The van der Waals surface area contributed by atoms with Crippen molar-refractivity contribution in [2.24, 2.45) is 11.3 Å². The predicted molar refractivity (Wildman–Crippen MR) is 81.2 cm³/mol. The molecule has 3 rings (SSSR count). The summed E-state index contributed by atoms with van der Waals surface area (Å²) in [5, 5.41) is 0. The van der Waals surface area contributed by atoms with Crippen LogP contribution in [0.2, 0.25) is 0 Å². The normalized spacial score (nSPS) is 21.9. The monoisotopic (exact) mass is 276 g/mol. The van der Waals surface area contributed by atoms with Crippen LogP contribution in [-0.4, -0.2) is 23.1 Å². The average Bonchev–Trinajstić information content (AvgIpc) is 2.48. The maximum atomic E-state index is 5.73. The zero-order valence-corrected chi connectivity index (χ0v) is 11.9. The Hall–Kier alpha value is -1.56. The van der Waals surface area contributed by atoms with Crippen molar-refractivity contribution < 1.29 is 0 Å². The SMILES string of the molecule is NNc1cc(N2CCC3(CCCCC3)CC2)nc(N)n1. The Morgan fingerprint density at radius 3 is 2.40 bits per heavy atom. The van der Waals surface area contributed by atoms with Gasteiger partial charge in [-0.3, -0.25) is 0 Å². The Morgan fingerprint density at radius 2 is 1.75 bits per heavy atom. The lowest BCUT2D eigenvalue weighted by Gasteiger charge is -2.44. The highest BCUT2D eigenvalue weighted by molar-refractivity contribution is 5.52. The third-order valence-electron chi connectivity index (χ3n) is 4.94. The molecular formula is C14H24N6. The molecule has 110 valence electrons. The van der Waals surface area contributed by atoms with E-state index in [0.29, 0.717) is 11.2 Å². The minimum atomic E-state index is 0.272. The molecule has 6 nitrogen and oxygen atoms in total. The third-order valence-corrected chi connectivity index (χ3v) is 4.94. The van der Waals surface area contributed by atoms with Gasteiger partial charge in [0.05, 0.1) is 0 Å². The summed E-state index contributed by atoms with van der Waals surface area (Å²) in [6.45, 7) is 2.11. The molecule has 1 saturated carbocycles. The number of piperidine rings is 1. The molecule has 0 aromatic carbocycles. The van der Waals surface area contributed by atoms with Crippen LogP contribution in [0.4, 0.5) is 17.6 Å². The molecule has 1 saturated heterocycles. The molecule has 5 N–H and O–H groups in total. The Balaban J connectivity index is 1.70. The van der Waals surface area contributed by atoms with Crippen molar-refractivity contribution in [3.8, 4) is 0 Å². The van der Waals surface area contributed by atoms with Gasteiger partial charge in [0.2, 0.25) is 5.95 Å². The smallest absolute Gasteiger partial charge is 0.223 e. The number of anilines is 3. The van der Waals surface area contributed by atoms with Gasteiger partial charge in [0.1, 0.15) is 11.6 Å². The zero-order chi connectivity index (χ0) is 14.0. The van der Waals surface area contributed by atoms with Crippen molar-refractivity contribution in [1.82, 2.24) is 9.97 Å². The first-order chi connectivity index (χ1) is 9.71. The molecule has 1 aromatic rings. The van der Waals surface area contributed by atoms with E-state index in [-0.39, 0.29) is 5.95 Å². The molecule has 2 aliphatic rings. The van der Waals surface area contributed by atoms with Crippen LogP contribution >= 0.6 is 0 Å². The van der Waals surface area contributed by atoms with Gasteiger partial charge < -0.3 is 16.1 Å². The molecule has 1 aromatic heterocycles. The average molecular weight is 276 g/mol. The largest absolute Gasteiger partial charge is 0.368 e. The van der Waals surface area contributed by atoms with Crippen molar-refractivity contribution in [2.75, 3.05) is 29.1 Å². The summed E-state index contributed by atoms with van der Waals surface area (Å²) in [4.78, 5) is 10.7. The second kappa shape index (κ2) is 5.44. The second-order valence-corrected chi connectivity index (χ2v) is 6.16. The van der Waals surface area contributed by atoms with E-state index >= 15 is 0 Å². The van der Waals surface area contributed by atoms with Gasteiger partial charge in [-0.2, -0.15) is 9.97 Å². The lowest BCUT2D eigenvalue weighted by molar-refractivity contribution is 0.144. The molecular weight excluding hydrogens is 252 g/mol. The summed E-state index contributed by atoms with van der Waals surface area (Å²) in [6, 6.07) is 1.87. The molecule has 0 bridgehead atoms. The van der Waals surface area contributed by atoms with Gasteiger partial charge in [-0.05, 0) is 31.1 Å². The van der Waals surface area contributed by atoms with Crippen molar-refractivity contribution in [2.45, 2.75) is 44.9 Å². The summed E-state index contributed by atoms with van der Waals surface area (Å²) >= 11 is 0. The first-order valence-electron chi connectivity index (χ1n) is 7.57. The van der Waals surface area contributed by atoms with Crippen molar-refractivity contribution >= 4 is 17.6 Å². The molecule has 0 unspecified atom stereocenters. The number of nitrogens with zero attached hydrogens (tertiary/aromatic N) is 3. The Labute approximate surface area is 119 Å². The van der Waals surface area contributed by atoms with Crippen LogP contribution in [-0.2, 0) is 0 Å². The summed E-state index contributed by atoms with van der Waals surface area (Å²) < 4.78 is 0. The lowest BCUT2D eigenvalue weighted by atomic mass is 9.68. The Kier molecular flexibility index (Phi) is 3.65. The molecule has 0 amide bonds. The van der Waals surface area contributed by atoms with E-state index in [9.17, 15) is 0 Å². The van der Waals surface area contributed by atoms with E-state index in [4.69, 9.17) is 11.6 Å². The van der Waals surface area contributed by atoms with E-state index in [0.717, 1.165) is 18.9 Å². The van der Waals surface area contributed by atoms with Crippen LogP contribution in [0.3, 0.4) is 0 Å². The van der Waals surface area contributed by atoms with Gasteiger partial charge in [0.15, 0.2) is 0 Å². The van der Waals surface area contributed by atoms with E-state index in [1.807, 2.05) is 6.07 Å². The van der Waals surface area contributed by atoms with Crippen molar-refractivity contribution in [3.05, 3.63) is 6.07 Å². The topological polar surface area (TPSA) is 93.1 Å². The third kappa shape index (κ3) is 2.65. The zero-order valence-electron chi connectivity index (χ0n) is 11.9. The van der Waals surface area contributed by atoms with Gasteiger partial charge in [-0.1, -0.05) is 19.3 Å². The van der Waals surface area contributed by atoms with E-state index in [1.165, 1.54) is 44.9 Å². The second-order valence-electron chi connectivity index (χ2n) is 6.16. The molecule has 2 fully saturated rings. The standard InChI is InChI=1S/C14H24N6/c15-13-17-11(19-16)10-12(18-13)20-8-6-14(7-9-20)4-2-1-3-5-14/h10H,1-9,16H2,(H3,15,17,18,19). The number of hydrogen-bond donors (Lipinski definition) is 3. The molecule has 2 heterocycles. The van der Waals surface area contributed by atoms with Gasteiger partial charge in [-0.15, -0.1) is 0 Å². The molecule has 0 radical (unpaired) electrons. The van der Waals surface area contributed by atoms with Crippen LogP contribution in [0.25, 0.3) is 0 Å². The van der Waals surface area contributed by atoms with Crippen molar-refractivity contribution in [3.63, 3.8) is 0 Å². The fourth-order valence-corrected chi connectivity index (χ4v) is 3.70. The number of nitrogens with two attached hydrogens (primary N) is 2. The van der Waals surface area contributed by atoms with E-state index < -0.39 is 0 Å². The number of nitrogens with one attached hydrogen (secondary N) is 1. The first-order valence-corrected chi connectivity index (χ1v) is 7.57. The lowest BCUT2D eigenvalue weighted by Crippen LogP contribution is -2.41.